The van der Waals surface area contributed by atoms with E-state index >= 15 is 0 Å². The maximum Gasteiger partial charge on any atom is 0.256 e. The van der Waals surface area contributed by atoms with Crippen molar-refractivity contribution in [1.29, 1.82) is 0 Å². The molecule has 8 heteroatoms. The number of carbonyl (C=O) groups is 1. The Kier molecular flexibility index (Phi) is 5.55. The second-order valence-corrected chi connectivity index (χ2v) is 8.79. The molecule has 0 unspecified atom stereocenters. The van der Waals surface area contributed by atoms with E-state index in [9.17, 15) is 26.4 Å². The van der Waals surface area contributed by atoms with Gasteiger partial charge in [0.1, 0.15) is 0 Å². The Bertz CT molecular complexity index is 940. The van der Waals surface area contributed by atoms with Crippen LogP contribution in [0.1, 0.15) is 28.8 Å². The molecule has 1 saturated heterocycles. The summed E-state index contributed by atoms with van der Waals surface area (Å²) >= 11 is 0. The van der Waals surface area contributed by atoms with Crippen LogP contribution in [0.5, 0.6) is 0 Å². The number of rotatable bonds is 4. The van der Waals surface area contributed by atoms with Crippen LogP contribution in [0.4, 0.5) is 13.2 Å². The molecule has 1 aliphatic heterocycles. The lowest BCUT2D eigenvalue weighted by atomic mass is 10.1. The first-order chi connectivity index (χ1) is 12.8. The highest BCUT2D eigenvalue weighted by atomic mass is 32.2. The number of amides is 1. The predicted molar refractivity (Wildman–Crippen MR) is 94.3 cm³/mol. The number of carbonyl (C=O) groups excluding carboxylic acids is 1. The molecular formula is C19H18F3NO3S. The summed E-state index contributed by atoms with van der Waals surface area (Å²) < 4.78 is 65.3. The van der Waals surface area contributed by atoms with E-state index in [1.807, 2.05) is 0 Å². The average molecular weight is 397 g/mol. The standard InChI is InChI=1S/C19H18F3NO3S/c20-16-7-6-15(17(21)18(16)22)19(24)23-10-8-14(9-11-23)27(25,26)12-13-4-2-1-3-5-13/h1-7,14H,8-12H2. The third-order valence-corrected chi connectivity index (χ3v) is 6.94. The molecule has 3 rings (SSSR count). The molecule has 1 amide bonds. The number of piperidine rings is 1. The molecule has 0 atom stereocenters. The lowest BCUT2D eigenvalue weighted by molar-refractivity contribution is 0.0719. The van der Waals surface area contributed by atoms with Crippen LogP contribution >= 0.6 is 0 Å². The van der Waals surface area contributed by atoms with Crippen molar-refractivity contribution in [2.45, 2.75) is 23.8 Å². The van der Waals surface area contributed by atoms with Crippen molar-refractivity contribution in [1.82, 2.24) is 4.90 Å². The molecular weight excluding hydrogens is 379 g/mol. The SMILES string of the molecule is O=C(c1ccc(F)c(F)c1F)N1CCC(S(=O)(=O)Cc2ccccc2)CC1. The third kappa shape index (κ3) is 4.16. The van der Waals surface area contributed by atoms with E-state index < -0.39 is 44.0 Å². The summed E-state index contributed by atoms with van der Waals surface area (Å²) in [4.78, 5) is 13.6. The van der Waals surface area contributed by atoms with Gasteiger partial charge in [-0.2, -0.15) is 0 Å². The zero-order valence-electron chi connectivity index (χ0n) is 14.4. The maximum absolute atomic E-state index is 13.8. The van der Waals surface area contributed by atoms with Crippen LogP contribution in [-0.4, -0.2) is 37.6 Å². The summed E-state index contributed by atoms with van der Waals surface area (Å²) in [5.41, 5.74) is 0.138. The maximum atomic E-state index is 13.8. The Morgan fingerprint density at radius 1 is 0.963 bits per heavy atom. The zero-order valence-corrected chi connectivity index (χ0v) is 15.2. The Hall–Kier alpha value is -2.35. The van der Waals surface area contributed by atoms with Gasteiger partial charge in [-0.25, -0.2) is 21.6 Å². The lowest BCUT2D eigenvalue weighted by Gasteiger charge is -2.32. The summed E-state index contributed by atoms with van der Waals surface area (Å²) in [7, 11) is -3.39. The first-order valence-electron chi connectivity index (χ1n) is 8.48. The van der Waals surface area contributed by atoms with Crippen molar-refractivity contribution in [2.24, 2.45) is 0 Å². The fraction of sp³-hybridized carbons (Fsp3) is 0.316. The van der Waals surface area contributed by atoms with E-state index in [0.717, 1.165) is 6.07 Å². The molecule has 0 aliphatic carbocycles. The minimum atomic E-state index is -3.39. The highest BCUT2D eigenvalue weighted by molar-refractivity contribution is 7.91. The summed E-state index contributed by atoms with van der Waals surface area (Å²) in [6, 6.07) is 10.4. The normalized spacial score (nSPS) is 15.7. The highest BCUT2D eigenvalue weighted by Crippen LogP contribution is 2.24. The van der Waals surface area contributed by atoms with E-state index in [-0.39, 0.29) is 31.7 Å². The fourth-order valence-corrected chi connectivity index (χ4v) is 5.03. The van der Waals surface area contributed by atoms with Crippen LogP contribution in [0.3, 0.4) is 0 Å². The highest BCUT2D eigenvalue weighted by Gasteiger charge is 2.33. The van der Waals surface area contributed by atoms with Crippen LogP contribution in [0.25, 0.3) is 0 Å². The van der Waals surface area contributed by atoms with Gasteiger partial charge in [0.2, 0.25) is 0 Å². The number of nitrogens with zero attached hydrogens (tertiary/aromatic N) is 1. The van der Waals surface area contributed by atoms with Gasteiger partial charge in [0.15, 0.2) is 27.3 Å². The number of hydrogen-bond donors (Lipinski definition) is 0. The minimum Gasteiger partial charge on any atom is -0.338 e. The van der Waals surface area contributed by atoms with Crippen molar-refractivity contribution in [2.75, 3.05) is 13.1 Å². The van der Waals surface area contributed by atoms with Gasteiger partial charge >= 0.3 is 0 Å². The first-order valence-corrected chi connectivity index (χ1v) is 10.2. The summed E-state index contributed by atoms with van der Waals surface area (Å²) in [5.74, 6) is -5.44. The van der Waals surface area contributed by atoms with Gasteiger partial charge in [-0.15, -0.1) is 0 Å². The molecule has 0 radical (unpaired) electrons. The van der Waals surface area contributed by atoms with E-state index in [0.29, 0.717) is 11.6 Å². The fourth-order valence-electron chi connectivity index (χ4n) is 3.20. The molecule has 1 heterocycles. The molecule has 0 spiro atoms. The van der Waals surface area contributed by atoms with Crippen LogP contribution in [0.2, 0.25) is 0 Å². The molecule has 27 heavy (non-hydrogen) atoms. The lowest BCUT2D eigenvalue weighted by Crippen LogP contribution is -2.43. The Morgan fingerprint density at radius 2 is 1.59 bits per heavy atom. The van der Waals surface area contributed by atoms with Crippen molar-refractivity contribution >= 4 is 15.7 Å². The average Bonchev–Trinajstić information content (AvgIpc) is 2.66. The summed E-state index contributed by atoms with van der Waals surface area (Å²) in [5, 5.41) is -0.600. The number of hydrogen-bond acceptors (Lipinski definition) is 3. The summed E-state index contributed by atoms with van der Waals surface area (Å²) in [6.07, 6.45) is 0.429. The molecule has 0 saturated carbocycles. The third-order valence-electron chi connectivity index (χ3n) is 4.71. The molecule has 0 bridgehead atoms. The van der Waals surface area contributed by atoms with Gasteiger partial charge in [0.05, 0.1) is 16.6 Å². The van der Waals surface area contributed by atoms with Gasteiger partial charge in [-0.1, -0.05) is 30.3 Å². The Balaban J connectivity index is 1.66. The van der Waals surface area contributed by atoms with Crippen LogP contribution in [-0.2, 0) is 15.6 Å². The van der Waals surface area contributed by atoms with Gasteiger partial charge in [0, 0.05) is 13.1 Å². The minimum absolute atomic E-state index is 0.0791. The van der Waals surface area contributed by atoms with E-state index in [2.05, 4.69) is 0 Å². The van der Waals surface area contributed by atoms with E-state index in [1.165, 1.54) is 4.90 Å². The van der Waals surface area contributed by atoms with Gasteiger partial charge in [-0.05, 0) is 30.5 Å². The zero-order chi connectivity index (χ0) is 19.6. The van der Waals surface area contributed by atoms with Gasteiger partial charge in [0.25, 0.3) is 5.91 Å². The smallest absolute Gasteiger partial charge is 0.256 e. The molecule has 4 nitrogen and oxygen atoms in total. The first kappa shape index (κ1) is 19.4. The Morgan fingerprint density at radius 3 is 2.22 bits per heavy atom. The number of benzene rings is 2. The van der Waals surface area contributed by atoms with Gasteiger partial charge < -0.3 is 4.90 Å². The van der Waals surface area contributed by atoms with E-state index in [1.54, 1.807) is 30.3 Å². The molecule has 2 aromatic carbocycles. The van der Waals surface area contributed by atoms with Crippen molar-refractivity contribution < 1.29 is 26.4 Å². The molecule has 0 aromatic heterocycles. The molecule has 144 valence electrons. The van der Waals surface area contributed by atoms with Crippen LogP contribution < -0.4 is 0 Å². The molecule has 0 N–H and O–H groups in total. The predicted octanol–water partition coefficient (Wildman–Crippen LogP) is 3.32. The molecule has 1 fully saturated rings. The van der Waals surface area contributed by atoms with Crippen LogP contribution in [0, 0.1) is 17.5 Å². The monoisotopic (exact) mass is 397 g/mol. The topological polar surface area (TPSA) is 54.5 Å². The van der Waals surface area contributed by atoms with Crippen molar-refractivity contribution in [3.63, 3.8) is 0 Å². The second kappa shape index (κ2) is 7.72. The number of halogens is 3. The van der Waals surface area contributed by atoms with Crippen molar-refractivity contribution in [3.05, 3.63) is 71.0 Å². The Labute approximate surface area is 155 Å². The van der Waals surface area contributed by atoms with E-state index in [4.69, 9.17) is 0 Å². The summed E-state index contributed by atoms with van der Waals surface area (Å²) in [6.45, 7) is 0.214. The second-order valence-electron chi connectivity index (χ2n) is 6.51. The van der Waals surface area contributed by atoms with Crippen LogP contribution in [0.15, 0.2) is 42.5 Å². The molecule has 1 aliphatic rings. The quantitative estimate of drug-likeness (QED) is 0.744. The number of likely N-dealkylation sites (tertiary alicyclic amines) is 1. The number of sulfone groups is 1. The van der Waals surface area contributed by atoms with Crippen molar-refractivity contribution in [3.8, 4) is 0 Å². The van der Waals surface area contributed by atoms with Gasteiger partial charge in [-0.3, -0.25) is 4.79 Å². The molecule has 2 aromatic rings. The largest absolute Gasteiger partial charge is 0.338 e.